The fourth-order valence-electron chi connectivity index (χ4n) is 4.58. The molecule has 142 valence electrons. The molecule has 3 unspecified atom stereocenters. The lowest BCUT2D eigenvalue weighted by Crippen LogP contribution is -2.44. The molecule has 4 nitrogen and oxygen atoms in total. The van der Waals surface area contributed by atoms with Crippen LogP contribution in [-0.4, -0.2) is 22.7 Å². The standard InChI is InChI=1S/C23H28N2O2/c1-23(2,3)27-22(26)25-21-17-9-10-18(21)14-19-13-16(8-7-15(19)12-17)20-6-4-5-11-24-20/h4-8,11,13,17-18,21H,9-10,12,14H2,1-3H3,(H,25,26). The summed E-state index contributed by atoms with van der Waals surface area (Å²) in [6.45, 7) is 5.72. The zero-order chi connectivity index (χ0) is 19.0. The Morgan fingerprint density at radius 1 is 1.07 bits per heavy atom. The summed E-state index contributed by atoms with van der Waals surface area (Å²) < 4.78 is 5.50. The molecule has 1 aromatic carbocycles. The number of carbonyl (C=O) groups is 1. The van der Waals surface area contributed by atoms with E-state index in [0.717, 1.165) is 18.5 Å². The number of hydrogen-bond donors (Lipinski definition) is 1. The minimum absolute atomic E-state index is 0.200. The summed E-state index contributed by atoms with van der Waals surface area (Å²) in [6.07, 6.45) is 5.92. The predicted octanol–water partition coefficient (Wildman–Crippen LogP) is 4.77. The molecule has 27 heavy (non-hydrogen) atoms. The SMILES string of the molecule is CC(C)(C)OC(=O)NC1C2CCC1Cc1cc(-c3ccccn3)ccc1C2. The molecule has 2 aromatic rings. The van der Waals surface area contributed by atoms with Crippen LogP contribution in [0.3, 0.4) is 0 Å². The number of alkyl carbamates (subject to hydrolysis) is 1. The first-order chi connectivity index (χ1) is 12.9. The van der Waals surface area contributed by atoms with Crippen LogP contribution in [0.4, 0.5) is 4.79 Å². The van der Waals surface area contributed by atoms with Gasteiger partial charge in [-0.05, 0) is 87.6 Å². The van der Waals surface area contributed by atoms with Gasteiger partial charge in [0.05, 0.1) is 5.69 Å². The molecule has 2 aliphatic rings. The van der Waals surface area contributed by atoms with Crippen molar-refractivity contribution < 1.29 is 9.53 Å². The van der Waals surface area contributed by atoms with Crippen LogP contribution in [0, 0.1) is 11.8 Å². The third kappa shape index (κ3) is 4.00. The first kappa shape index (κ1) is 18.0. The molecule has 1 aromatic heterocycles. The number of hydrogen-bond acceptors (Lipinski definition) is 3. The smallest absolute Gasteiger partial charge is 0.407 e. The predicted molar refractivity (Wildman–Crippen MR) is 106 cm³/mol. The number of nitrogens with zero attached hydrogens (tertiary/aromatic N) is 1. The van der Waals surface area contributed by atoms with Gasteiger partial charge < -0.3 is 10.1 Å². The second-order valence-electron chi connectivity index (χ2n) is 8.88. The van der Waals surface area contributed by atoms with E-state index >= 15 is 0 Å². The van der Waals surface area contributed by atoms with Crippen LogP contribution >= 0.6 is 0 Å². The Labute approximate surface area is 161 Å². The first-order valence-electron chi connectivity index (χ1n) is 9.92. The largest absolute Gasteiger partial charge is 0.444 e. The van der Waals surface area contributed by atoms with Crippen LogP contribution in [0.2, 0.25) is 0 Å². The molecule has 0 aliphatic heterocycles. The summed E-state index contributed by atoms with van der Waals surface area (Å²) >= 11 is 0. The van der Waals surface area contributed by atoms with E-state index in [9.17, 15) is 4.79 Å². The van der Waals surface area contributed by atoms with E-state index < -0.39 is 5.60 Å². The Bertz CT molecular complexity index is 826. The van der Waals surface area contributed by atoms with Crippen molar-refractivity contribution in [1.82, 2.24) is 10.3 Å². The van der Waals surface area contributed by atoms with Crippen LogP contribution in [0.15, 0.2) is 42.6 Å². The van der Waals surface area contributed by atoms with Gasteiger partial charge in [-0.1, -0.05) is 18.2 Å². The number of fused-ring (bicyclic) bond motifs is 3. The number of amides is 1. The molecule has 0 saturated heterocycles. The highest BCUT2D eigenvalue weighted by atomic mass is 16.6. The average molecular weight is 364 g/mol. The van der Waals surface area contributed by atoms with Crippen LogP contribution in [0.25, 0.3) is 11.3 Å². The van der Waals surface area contributed by atoms with E-state index in [1.165, 1.54) is 29.5 Å². The molecule has 1 fully saturated rings. The molecule has 2 bridgehead atoms. The maximum absolute atomic E-state index is 12.3. The number of rotatable bonds is 2. The second kappa shape index (κ2) is 6.99. The molecule has 1 N–H and O–H groups in total. The van der Waals surface area contributed by atoms with Crippen molar-refractivity contribution in [3.05, 3.63) is 53.7 Å². The minimum atomic E-state index is -0.464. The van der Waals surface area contributed by atoms with Gasteiger partial charge in [0.1, 0.15) is 5.60 Å². The molecule has 1 saturated carbocycles. The number of benzene rings is 1. The van der Waals surface area contributed by atoms with Gasteiger partial charge in [0.15, 0.2) is 0 Å². The molecule has 4 rings (SSSR count). The molecule has 2 aliphatic carbocycles. The molecule has 0 spiro atoms. The Balaban J connectivity index is 1.54. The van der Waals surface area contributed by atoms with Crippen molar-refractivity contribution in [3.63, 3.8) is 0 Å². The fraction of sp³-hybridized carbons (Fsp3) is 0.478. The van der Waals surface area contributed by atoms with E-state index in [-0.39, 0.29) is 12.1 Å². The Morgan fingerprint density at radius 2 is 1.81 bits per heavy atom. The molecule has 4 heteroatoms. The van der Waals surface area contributed by atoms with Gasteiger partial charge in [0.2, 0.25) is 0 Å². The highest BCUT2D eigenvalue weighted by molar-refractivity contribution is 5.68. The van der Waals surface area contributed by atoms with Crippen LogP contribution < -0.4 is 5.32 Å². The van der Waals surface area contributed by atoms with Crippen molar-refractivity contribution in [1.29, 1.82) is 0 Å². The van der Waals surface area contributed by atoms with Gasteiger partial charge >= 0.3 is 6.09 Å². The summed E-state index contributed by atoms with van der Waals surface area (Å²) in [5, 5.41) is 3.19. The molecule has 1 amide bonds. The van der Waals surface area contributed by atoms with E-state index in [0.29, 0.717) is 11.8 Å². The third-order valence-corrected chi connectivity index (χ3v) is 5.74. The van der Waals surface area contributed by atoms with E-state index in [4.69, 9.17) is 4.74 Å². The van der Waals surface area contributed by atoms with E-state index in [2.05, 4.69) is 34.6 Å². The summed E-state index contributed by atoms with van der Waals surface area (Å²) in [5.41, 5.74) is 4.54. The Morgan fingerprint density at radius 3 is 2.48 bits per heavy atom. The third-order valence-electron chi connectivity index (χ3n) is 5.74. The van der Waals surface area contributed by atoms with Crippen molar-refractivity contribution in [2.24, 2.45) is 11.8 Å². The zero-order valence-electron chi connectivity index (χ0n) is 16.4. The van der Waals surface area contributed by atoms with Gasteiger partial charge in [-0.15, -0.1) is 0 Å². The van der Waals surface area contributed by atoms with Crippen LogP contribution in [-0.2, 0) is 17.6 Å². The van der Waals surface area contributed by atoms with Crippen molar-refractivity contribution in [3.8, 4) is 11.3 Å². The summed E-state index contributed by atoms with van der Waals surface area (Å²) in [4.78, 5) is 16.8. The second-order valence-corrected chi connectivity index (χ2v) is 8.88. The lowest BCUT2D eigenvalue weighted by molar-refractivity contribution is 0.0479. The molecule has 3 atom stereocenters. The summed E-state index contributed by atoms with van der Waals surface area (Å²) in [5.74, 6) is 0.965. The topological polar surface area (TPSA) is 51.2 Å². The summed E-state index contributed by atoms with van der Waals surface area (Å²) in [6, 6.07) is 12.9. The maximum Gasteiger partial charge on any atom is 0.407 e. The molecule has 1 heterocycles. The van der Waals surface area contributed by atoms with Gasteiger partial charge in [-0.25, -0.2) is 4.79 Å². The maximum atomic E-state index is 12.3. The lowest BCUT2D eigenvalue weighted by atomic mass is 9.91. The number of aromatic nitrogens is 1. The molecule has 0 radical (unpaired) electrons. The van der Waals surface area contributed by atoms with E-state index in [1.54, 1.807) is 0 Å². The van der Waals surface area contributed by atoms with Gasteiger partial charge in [0, 0.05) is 17.8 Å². The minimum Gasteiger partial charge on any atom is -0.444 e. The number of nitrogens with one attached hydrogen (secondary N) is 1. The van der Waals surface area contributed by atoms with Crippen molar-refractivity contribution in [2.45, 2.75) is 58.1 Å². The number of ether oxygens (including phenoxy) is 1. The van der Waals surface area contributed by atoms with Gasteiger partial charge in [-0.3, -0.25) is 4.98 Å². The quantitative estimate of drug-likeness (QED) is 0.835. The zero-order valence-corrected chi connectivity index (χ0v) is 16.4. The average Bonchev–Trinajstić information content (AvgIpc) is 2.88. The normalized spacial score (nSPS) is 24.0. The number of carbonyl (C=O) groups excluding carboxylic acids is 1. The van der Waals surface area contributed by atoms with Crippen LogP contribution in [0.1, 0.15) is 44.7 Å². The molecular formula is C23H28N2O2. The van der Waals surface area contributed by atoms with E-state index in [1.807, 2.05) is 39.1 Å². The molecular weight excluding hydrogens is 336 g/mol. The van der Waals surface area contributed by atoms with Gasteiger partial charge in [0.25, 0.3) is 0 Å². The Kier molecular flexibility index (Phi) is 4.67. The summed E-state index contributed by atoms with van der Waals surface area (Å²) in [7, 11) is 0. The van der Waals surface area contributed by atoms with Crippen molar-refractivity contribution >= 4 is 6.09 Å². The lowest BCUT2D eigenvalue weighted by Gasteiger charge is -2.26. The highest BCUT2D eigenvalue weighted by Gasteiger charge is 2.40. The monoisotopic (exact) mass is 364 g/mol. The van der Waals surface area contributed by atoms with Crippen molar-refractivity contribution in [2.75, 3.05) is 0 Å². The number of pyridine rings is 1. The van der Waals surface area contributed by atoms with Gasteiger partial charge in [-0.2, -0.15) is 0 Å². The Hall–Kier alpha value is -2.36. The van der Waals surface area contributed by atoms with Crippen LogP contribution in [0.5, 0.6) is 0 Å². The first-order valence-corrected chi connectivity index (χ1v) is 9.92. The fourth-order valence-corrected chi connectivity index (χ4v) is 4.58. The highest BCUT2D eigenvalue weighted by Crippen LogP contribution is 2.41.